The topological polar surface area (TPSA) is 51.0 Å². The van der Waals surface area contributed by atoms with Crippen molar-refractivity contribution in [2.45, 2.75) is 26.8 Å². The highest BCUT2D eigenvalue weighted by atomic mass is 16.2. The highest BCUT2D eigenvalue weighted by Crippen LogP contribution is 2.21. The molecule has 5 heteroatoms. The second-order valence-electron chi connectivity index (χ2n) is 4.93. The van der Waals surface area contributed by atoms with E-state index in [-0.39, 0.29) is 11.9 Å². The molecule has 96 valence electrons. The summed E-state index contributed by atoms with van der Waals surface area (Å²) in [6.07, 6.45) is 1.72. The van der Waals surface area contributed by atoms with E-state index >= 15 is 0 Å². The zero-order valence-electron chi connectivity index (χ0n) is 11.4. The molecule has 2 heterocycles. The van der Waals surface area contributed by atoms with E-state index in [2.05, 4.69) is 10.1 Å². The van der Waals surface area contributed by atoms with Crippen LogP contribution in [-0.2, 0) is 0 Å². The minimum Gasteiger partial charge on any atom is -0.345 e. The van der Waals surface area contributed by atoms with Crippen LogP contribution in [0.15, 0.2) is 12.3 Å². The van der Waals surface area contributed by atoms with Crippen molar-refractivity contribution in [3.05, 3.63) is 23.5 Å². The molecule has 2 rings (SSSR count). The van der Waals surface area contributed by atoms with Crippen molar-refractivity contribution >= 4 is 16.9 Å². The molecule has 0 N–H and O–H groups in total. The van der Waals surface area contributed by atoms with Crippen molar-refractivity contribution in [3.8, 4) is 0 Å². The van der Waals surface area contributed by atoms with Gasteiger partial charge in [-0.1, -0.05) is 0 Å². The fourth-order valence-electron chi connectivity index (χ4n) is 1.94. The number of hydrogen-bond acceptors (Lipinski definition) is 3. The molecule has 0 saturated carbocycles. The Bertz CT molecular complexity index is 598. The van der Waals surface area contributed by atoms with Crippen molar-refractivity contribution in [2.24, 2.45) is 0 Å². The summed E-state index contributed by atoms with van der Waals surface area (Å²) < 4.78 is 1.84. The summed E-state index contributed by atoms with van der Waals surface area (Å²) in [5.41, 5.74) is 2.26. The third-order valence-electron chi connectivity index (χ3n) is 2.82. The number of nitrogens with zero attached hydrogens (tertiary/aromatic N) is 4. The minimum absolute atomic E-state index is 0.0196. The number of fused-ring (bicyclic) bond motifs is 1. The van der Waals surface area contributed by atoms with Gasteiger partial charge in [-0.25, -0.2) is 9.67 Å². The van der Waals surface area contributed by atoms with E-state index in [1.165, 1.54) is 0 Å². The number of rotatable bonds is 2. The van der Waals surface area contributed by atoms with Gasteiger partial charge in [0.05, 0.1) is 17.1 Å². The summed E-state index contributed by atoms with van der Waals surface area (Å²) in [4.78, 5) is 18.2. The van der Waals surface area contributed by atoms with Gasteiger partial charge in [0.1, 0.15) is 0 Å². The Morgan fingerprint density at radius 3 is 2.61 bits per heavy atom. The van der Waals surface area contributed by atoms with Crippen molar-refractivity contribution in [1.29, 1.82) is 0 Å². The zero-order valence-corrected chi connectivity index (χ0v) is 11.4. The van der Waals surface area contributed by atoms with Crippen LogP contribution in [0.25, 0.3) is 11.0 Å². The monoisotopic (exact) mass is 246 g/mol. The van der Waals surface area contributed by atoms with E-state index in [0.29, 0.717) is 5.56 Å². The van der Waals surface area contributed by atoms with Gasteiger partial charge in [0, 0.05) is 25.8 Å². The Hall–Kier alpha value is -1.91. The van der Waals surface area contributed by atoms with Gasteiger partial charge in [0.2, 0.25) is 0 Å². The molecule has 2 aromatic heterocycles. The molecule has 0 unspecified atom stereocenters. The molecule has 0 aliphatic rings. The van der Waals surface area contributed by atoms with Crippen molar-refractivity contribution in [3.63, 3.8) is 0 Å². The summed E-state index contributed by atoms with van der Waals surface area (Å²) in [5, 5.41) is 5.13. The van der Waals surface area contributed by atoms with E-state index in [0.717, 1.165) is 16.7 Å². The largest absolute Gasteiger partial charge is 0.345 e. The molecule has 0 radical (unpaired) electrons. The van der Waals surface area contributed by atoms with Gasteiger partial charge in [0.25, 0.3) is 5.91 Å². The highest BCUT2D eigenvalue weighted by molar-refractivity contribution is 6.05. The molecule has 1 amide bonds. The van der Waals surface area contributed by atoms with E-state index in [1.807, 2.05) is 31.5 Å². The summed E-state index contributed by atoms with van der Waals surface area (Å²) in [5.74, 6) is -0.0196. The molecular weight excluding hydrogens is 228 g/mol. The first-order chi connectivity index (χ1) is 8.41. The predicted molar refractivity (Wildman–Crippen MR) is 70.7 cm³/mol. The Balaban J connectivity index is 2.72. The highest BCUT2D eigenvalue weighted by Gasteiger charge is 2.17. The van der Waals surface area contributed by atoms with Gasteiger partial charge < -0.3 is 4.90 Å². The Morgan fingerprint density at radius 1 is 1.39 bits per heavy atom. The maximum absolute atomic E-state index is 12.2. The van der Waals surface area contributed by atoms with Gasteiger partial charge >= 0.3 is 0 Å². The summed E-state index contributed by atoms with van der Waals surface area (Å²) in [6, 6.07) is 2.04. The normalized spacial score (nSPS) is 11.2. The van der Waals surface area contributed by atoms with Crippen molar-refractivity contribution in [2.75, 3.05) is 14.1 Å². The standard InChI is InChI=1S/C13H18N4O/c1-8(2)17-12-11(7-14-17)10(6-9(3)15-12)13(18)16(4)5/h6-8H,1-5H3. The average Bonchev–Trinajstić information content (AvgIpc) is 2.70. The molecule has 0 spiro atoms. The Kier molecular flexibility index (Phi) is 3.07. The number of carbonyl (C=O) groups excluding carboxylic acids is 1. The van der Waals surface area contributed by atoms with Gasteiger partial charge in [-0.3, -0.25) is 4.79 Å². The van der Waals surface area contributed by atoms with Crippen LogP contribution in [0.5, 0.6) is 0 Å². The number of aromatic nitrogens is 3. The first kappa shape index (κ1) is 12.5. The number of hydrogen-bond donors (Lipinski definition) is 0. The molecular formula is C13H18N4O. The average molecular weight is 246 g/mol. The van der Waals surface area contributed by atoms with Gasteiger partial charge in [-0.05, 0) is 26.8 Å². The molecule has 0 atom stereocenters. The second kappa shape index (κ2) is 4.40. The lowest BCUT2D eigenvalue weighted by Gasteiger charge is -2.12. The van der Waals surface area contributed by atoms with Crippen LogP contribution in [0.1, 0.15) is 35.9 Å². The first-order valence-electron chi connectivity index (χ1n) is 5.98. The van der Waals surface area contributed by atoms with Crippen LogP contribution < -0.4 is 0 Å². The number of pyridine rings is 1. The van der Waals surface area contributed by atoms with E-state index in [1.54, 1.807) is 25.2 Å². The fourth-order valence-corrected chi connectivity index (χ4v) is 1.94. The fraction of sp³-hybridized carbons (Fsp3) is 0.462. The summed E-state index contributed by atoms with van der Waals surface area (Å²) >= 11 is 0. The maximum atomic E-state index is 12.2. The smallest absolute Gasteiger partial charge is 0.254 e. The molecule has 2 aromatic rings. The lowest BCUT2D eigenvalue weighted by atomic mass is 10.1. The number of aryl methyl sites for hydroxylation is 1. The quantitative estimate of drug-likeness (QED) is 0.814. The Labute approximate surface area is 106 Å². The van der Waals surface area contributed by atoms with Gasteiger partial charge in [0.15, 0.2) is 5.65 Å². The second-order valence-corrected chi connectivity index (χ2v) is 4.93. The molecule has 0 saturated heterocycles. The van der Waals surface area contributed by atoms with Gasteiger partial charge in [-0.15, -0.1) is 0 Å². The summed E-state index contributed by atoms with van der Waals surface area (Å²) in [7, 11) is 3.49. The van der Waals surface area contributed by atoms with Crippen LogP contribution in [0, 0.1) is 6.92 Å². The maximum Gasteiger partial charge on any atom is 0.254 e. The molecule has 0 aliphatic carbocycles. The number of amides is 1. The molecule has 0 aliphatic heterocycles. The minimum atomic E-state index is -0.0196. The molecule has 18 heavy (non-hydrogen) atoms. The first-order valence-corrected chi connectivity index (χ1v) is 5.98. The van der Waals surface area contributed by atoms with E-state index < -0.39 is 0 Å². The molecule has 0 aromatic carbocycles. The van der Waals surface area contributed by atoms with Crippen LogP contribution >= 0.6 is 0 Å². The van der Waals surface area contributed by atoms with Crippen molar-refractivity contribution in [1.82, 2.24) is 19.7 Å². The lowest BCUT2D eigenvalue weighted by molar-refractivity contribution is 0.0829. The predicted octanol–water partition coefficient (Wildman–Crippen LogP) is 2.02. The van der Waals surface area contributed by atoms with Crippen LogP contribution in [0.3, 0.4) is 0 Å². The molecule has 0 fully saturated rings. The molecule has 5 nitrogen and oxygen atoms in total. The molecule has 0 bridgehead atoms. The van der Waals surface area contributed by atoms with E-state index in [9.17, 15) is 4.79 Å². The summed E-state index contributed by atoms with van der Waals surface area (Å²) in [6.45, 7) is 5.98. The zero-order chi connectivity index (χ0) is 13.4. The van der Waals surface area contributed by atoms with E-state index in [4.69, 9.17) is 0 Å². The third-order valence-corrected chi connectivity index (χ3v) is 2.82. The SMILES string of the molecule is Cc1cc(C(=O)N(C)C)c2cnn(C(C)C)c2n1. The third kappa shape index (κ3) is 1.96. The van der Waals surface area contributed by atoms with Crippen molar-refractivity contribution < 1.29 is 4.79 Å². The number of carbonyl (C=O) groups is 1. The van der Waals surface area contributed by atoms with Crippen LogP contribution in [-0.4, -0.2) is 39.7 Å². The Morgan fingerprint density at radius 2 is 2.06 bits per heavy atom. The van der Waals surface area contributed by atoms with Gasteiger partial charge in [-0.2, -0.15) is 5.10 Å². The lowest BCUT2D eigenvalue weighted by Crippen LogP contribution is -2.22. The van der Waals surface area contributed by atoms with Crippen LogP contribution in [0.2, 0.25) is 0 Å². The van der Waals surface area contributed by atoms with Crippen LogP contribution in [0.4, 0.5) is 0 Å².